The van der Waals surface area contributed by atoms with Crippen LogP contribution in [0.2, 0.25) is 0 Å². The molecule has 0 spiro atoms. The van der Waals surface area contributed by atoms with Crippen LogP contribution < -0.4 is 5.73 Å². The van der Waals surface area contributed by atoms with E-state index in [-0.39, 0.29) is 6.04 Å². The Morgan fingerprint density at radius 2 is 1.78 bits per heavy atom. The maximum Gasteiger partial charge on any atom is 0.282 e. The third kappa shape index (κ3) is 3.89. The zero-order valence-electron chi connectivity index (χ0n) is 11.7. The number of nitrogens with zero attached hydrogens (tertiary/aromatic N) is 3. The molecule has 0 unspecified atom stereocenters. The van der Waals surface area contributed by atoms with Crippen molar-refractivity contribution in [3.8, 4) is 0 Å². The maximum absolute atomic E-state index is 12.3. The van der Waals surface area contributed by atoms with Gasteiger partial charge >= 0.3 is 0 Å². The molecule has 0 atom stereocenters. The molecule has 7 heteroatoms. The van der Waals surface area contributed by atoms with Crippen LogP contribution in [-0.2, 0) is 10.2 Å². The predicted molar refractivity (Wildman–Crippen MR) is 73.5 cm³/mol. The summed E-state index contributed by atoms with van der Waals surface area (Å²) in [6.45, 7) is 8.16. The number of hydrogen-bond donors (Lipinski definition) is 1. The van der Waals surface area contributed by atoms with Crippen LogP contribution in [0.3, 0.4) is 0 Å². The van der Waals surface area contributed by atoms with Crippen molar-refractivity contribution < 1.29 is 8.42 Å². The van der Waals surface area contributed by atoms with Gasteiger partial charge in [-0.2, -0.15) is 17.0 Å². The third-order valence-electron chi connectivity index (χ3n) is 3.43. The number of hydrogen-bond acceptors (Lipinski definition) is 4. The summed E-state index contributed by atoms with van der Waals surface area (Å²) < 4.78 is 27.5. The molecule has 0 amide bonds. The van der Waals surface area contributed by atoms with Crippen LogP contribution in [-0.4, -0.2) is 74.3 Å². The van der Waals surface area contributed by atoms with E-state index in [1.165, 1.54) is 4.31 Å². The van der Waals surface area contributed by atoms with Gasteiger partial charge in [0.1, 0.15) is 0 Å². The summed E-state index contributed by atoms with van der Waals surface area (Å²) in [6.07, 6.45) is 0.971. The van der Waals surface area contributed by atoms with Gasteiger partial charge in [-0.05, 0) is 33.4 Å². The van der Waals surface area contributed by atoms with Crippen LogP contribution in [0.1, 0.15) is 20.3 Å². The summed E-state index contributed by atoms with van der Waals surface area (Å²) in [6, 6.07) is -0.00901. The SMILES string of the molecule is CC(C)N(C)S(=O)(=O)N1CCN(CCCN)CC1. The molecule has 0 aromatic rings. The van der Waals surface area contributed by atoms with Gasteiger partial charge in [0.15, 0.2) is 0 Å². The molecule has 1 saturated heterocycles. The van der Waals surface area contributed by atoms with Crippen molar-refractivity contribution >= 4 is 10.2 Å². The van der Waals surface area contributed by atoms with Crippen molar-refractivity contribution in [2.24, 2.45) is 5.73 Å². The molecule has 6 nitrogen and oxygen atoms in total. The minimum absolute atomic E-state index is 0.00901. The fraction of sp³-hybridized carbons (Fsp3) is 1.00. The quantitative estimate of drug-likeness (QED) is 0.714. The molecule has 0 aromatic heterocycles. The average molecular weight is 278 g/mol. The van der Waals surface area contributed by atoms with Crippen LogP contribution >= 0.6 is 0 Å². The predicted octanol–water partition coefficient (Wildman–Crippen LogP) is -0.462. The van der Waals surface area contributed by atoms with Gasteiger partial charge in [-0.25, -0.2) is 0 Å². The Balaban J connectivity index is 2.52. The van der Waals surface area contributed by atoms with Gasteiger partial charge in [0.2, 0.25) is 0 Å². The van der Waals surface area contributed by atoms with E-state index in [1.807, 2.05) is 13.8 Å². The zero-order chi connectivity index (χ0) is 13.8. The molecule has 1 aliphatic rings. The molecular weight excluding hydrogens is 252 g/mol. The Kier molecular flexibility index (Phi) is 6.00. The first-order valence-corrected chi connectivity index (χ1v) is 7.94. The van der Waals surface area contributed by atoms with E-state index in [1.54, 1.807) is 11.4 Å². The first-order valence-electron chi connectivity index (χ1n) is 6.55. The lowest BCUT2D eigenvalue weighted by atomic mass is 10.3. The number of nitrogens with two attached hydrogens (primary N) is 1. The Morgan fingerprint density at radius 1 is 1.22 bits per heavy atom. The molecule has 1 heterocycles. The highest BCUT2D eigenvalue weighted by Gasteiger charge is 2.31. The smallest absolute Gasteiger partial charge is 0.282 e. The van der Waals surface area contributed by atoms with E-state index in [0.717, 1.165) is 26.1 Å². The van der Waals surface area contributed by atoms with Gasteiger partial charge in [-0.15, -0.1) is 0 Å². The van der Waals surface area contributed by atoms with E-state index in [0.29, 0.717) is 19.6 Å². The van der Waals surface area contributed by atoms with Gasteiger partial charge in [0.25, 0.3) is 10.2 Å². The largest absolute Gasteiger partial charge is 0.330 e. The van der Waals surface area contributed by atoms with Crippen LogP contribution in [0.5, 0.6) is 0 Å². The Hall–Kier alpha value is -0.210. The summed E-state index contributed by atoms with van der Waals surface area (Å²) in [5, 5.41) is 0. The summed E-state index contributed by atoms with van der Waals surface area (Å²) >= 11 is 0. The second kappa shape index (κ2) is 6.81. The number of rotatable bonds is 6. The lowest BCUT2D eigenvalue weighted by Gasteiger charge is -2.36. The van der Waals surface area contributed by atoms with E-state index in [9.17, 15) is 8.42 Å². The first kappa shape index (κ1) is 15.8. The summed E-state index contributed by atoms with van der Waals surface area (Å²) in [5.74, 6) is 0. The molecule has 108 valence electrons. The van der Waals surface area contributed by atoms with E-state index in [4.69, 9.17) is 5.73 Å². The molecule has 0 aliphatic carbocycles. The maximum atomic E-state index is 12.3. The lowest BCUT2D eigenvalue weighted by Crippen LogP contribution is -2.53. The molecule has 1 aliphatic heterocycles. The van der Waals surface area contributed by atoms with Crippen LogP contribution in [0.15, 0.2) is 0 Å². The molecule has 0 bridgehead atoms. The van der Waals surface area contributed by atoms with E-state index in [2.05, 4.69) is 4.90 Å². The highest BCUT2D eigenvalue weighted by atomic mass is 32.2. The van der Waals surface area contributed by atoms with Gasteiger partial charge in [0, 0.05) is 39.3 Å². The summed E-state index contributed by atoms with van der Waals surface area (Å²) in [7, 11) is -1.65. The standard InChI is InChI=1S/C11H26N4O2S/c1-11(2)13(3)18(16,17)15-9-7-14(8-10-15)6-4-5-12/h11H,4-10,12H2,1-3H3. The van der Waals surface area contributed by atoms with Crippen molar-refractivity contribution in [2.75, 3.05) is 46.3 Å². The van der Waals surface area contributed by atoms with E-state index < -0.39 is 10.2 Å². The molecule has 1 fully saturated rings. The van der Waals surface area contributed by atoms with Crippen molar-refractivity contribution in [1.29, 1.82) is 0 Å². The summed E-state index contributed by atoms with van der Waals surface area (Å²) in [4.78, 5) is 2.27. The number of piperazine rings is 1. The molecule has 0 radical (unpaired) electrons. The van der Waals surface area contributed by atoms with Crippen molar-refractivity contribution in [3.63, 3.8) is 0 Å². The Bertz CT molecular complexity index is 337. The van der Waals surface area contributed by atoms with Gasteiger partial charge in [0.05, 0.1) is 0 Å². The molecule has 2 N–H and O–H groups in total. The zero-order valence-corrected chi connectivity index (χ0v) is 12.5. The second-order valence-corrected chi connectivity index (χ2v) is 6.99. The normalized spacial score (nSPS) is 19.9. The second-order valence-electron chi connectivity index (χ2n) is 5.00. The van der Waals surface area contributed by atoms with Crippen molar-refractivity contribution in [1.82, 2.24) is 13.5 Å². The highest BCUT2D eigenvalue weighted by Crippen LogP contribution is 2.13. The molecular formula is C11H26N4O2S. The van der Waals surface area contributed by atoms with E-state index >= 15 is 0 Å². The Labute approximate surface area is 111 Å². The van der Waals surface area contributed by atoms with Gasteiger partial charge < -0.3 is 10.6 Å². The monoisotopic (exact) mass is 278 g/mol. The average Bonchev–Trinajstić information content (AvgIpc) is 2.35. The fourth-order valence-electron chi connectivity index (χ4n) is 1.95. The van der Waals surface area contributed by atoms with Gasteiger partial charge in [-0.1, -0.05) is 0 Å². The van der Waals surface area contributed by atoms with Crippen molar-refractivity contribution in [3.05, 3.63) is 0 Å². The minimum Gasteiger partial charge on any atom is -0.330 e. The minimum atomic E-state index is -3.29. The highest BCUT2D eigenvalue weighted by molar-refractivity contribution is 7.86. The topological polar surface area (TPSA) is 69.9 Å². The molecule has 1 rings (SSSR count). The first-order chi connectivity index (χ1) is 8.39. The molecule has 18 heavy (non-hydrogen) atoms. The lowest BCUT2D eigenvalue weighted by molar-refractivity contribution is 0.180. The fourth-order valence-corrected chi connectivity index (χ4v) is 3.47. The summed E-state index contributed by atoms with van der Waals surface area (Å²) in [5.41, 5.74) is 5.48. The third-order valence-corrected chi connectivity index (χ3v) is 5.59. The van der Waals surface area contributed by atoms with Crippen LogP contribution in [0.25, 0.3) is 0 Å². The van der Waals surface area contributed by atoms with Crippen molar-refractivity contribution in [2.45, 2.75) is 26.3 Å². The molecule has 0 aromatic carbocycles. The molecule has 0 saturated carbocycles. The van der Waals surface area contributed by atoms with Crippen LogP contribution in [0, 0.1) is 0 Å². The van der Waals surface area contributed by atoms with Crippen LogP contribution in [0.4, 0.5) is 0 Å². The van der Waals surface area contributed by atoms with Gasteiger partial charge in [-0.3, -0.25) is 0 Å². The Morgan fingerprint density at radius 3 is 2.22 bits per heavy atom.